The van der Waals surface area contributed by atoms with Gasteiger partial charge in [0.25, 0.3) is 17.5 Å². The number of nitrogens with one attached hydrogen (secondary N) is 2. The molecule has 2 aromatic rings. The Morgan fingerprint density at radius 1 is 0.846 bits per heavy atom. The summed E-state index contributed by atoms with van der Waals surface area (Å²) in [6.45, 7) is 0. The number of carbonyl (C=O) groups is 2. The van der Waals surface area contributed by atoms with Crippen LogP contribution in [0.4, 0.5) is 22.7 Å². The zero-order valence-electron chi connectivity index (χ0n) is 12.9. The minimum atomic E-state index is -0.897. The monoisotopic (exact) mass is 398 g/mol. The molecule has 0 saturated carbocycles. The van der Waals surface area contributed by atoms with Gasteiger partial charge in [0.05, 0.1) is 37.5 Å². The van der Waals surface area contributed by atoms with E-state index in [1.807, 2.05) is 0 Å². The summed E-state index contributed by atoms with van der Waals surface area (Å²) in [7, 11) is 0. The van der Waals surface area contributed by atoms with Crippen molar-refractivity contribution < 1.29 is 14.5 Å². The highest BCUT2D eigenvalue weighted by molar-refractivity contribution is 6.35. The Labute approximate surface area is 156 Å². The van der Waals surface area contributed by atoms with Gasteiger partial charge in [-0.2, -0.15) is 0 Å². The van der Waals surface area contributed by atoms with Gasteiger partial charge in [-0.05, 0) is 18.2 Å². The first-order valence-electron chi connectivity index (χ1n) is 6.80. The Hall–Kier alpha value is -3.24. The van der Waals surface area contributed by atoms with E-state index in [1.54, 1.807) is 0 Å². The minimum Gasteiger partial charge on any atom is -0.397 e. The molecule has 0 spiro atoms. The van der Waals surface area contributed by atoms with E-state index >= 15 is 0 Å². The summed E-state index contributed by atoms with van der Waals surface area (Å²) < 4.78 is 0. The van der Waals surface area contributed by atoms with Crippen molar-refractivity contribution in [3.8, 4) is 0 Å². The van der Waals surface area contributed by atoms with Crippen molar-refractivity contribution in [3.63, 3.8) is 0 Å². The third-order valence-corrected chi connectivity index (χ3v) is 3.89. The molecule has 0 atom stereocenters. The second-order valence-electron chi connectivity index (χ2n) is 5.02. The first-order valence-corrected chi connectivity index (χ1v) is 7.56. The highest BCUT2D eigenvalue weighted by atomic mass is 35.5. The fourth-order valence-corrected chi connectivity index (χ4v) is 2.45. The summed E-state index contributed by atoms with van der Waals surface area (Å²) in [6.07, 6.45) is 0. The molecule has 0 saturated heterocycles. The molecule has 2 aromatic carbocycles. The Balaban J connectivity index is 2.19. The number of hydrazine groups is 1. The van der Waals surface area contributed by atoms with E-state index in [2.05, 4.69) is 10.9 Å². The molecule has 0 unspecified atom stereocenters. The summed E-state index contributed by atoms with van der Waals surface area (Å²) in [5.74, 6) is -1.68. The lowest BCUT2D eigenvalue weighted by molar-refractivity contribution is -0.383. The largest absolute Gasteiger partial charge is 0.397 e. The van der Waals surface area contributed by atoms with Crippen LogP contribution in [0.5, 0.6) is 0 Å². The number of carbonyl (C=O) groups excluding carboxylic acids is 2. The number of nitro groups is 1. The number of amides is 2. The number of nitrogens with zero attached hydrogens (tertiary/aromatic N) is 1. The van der Waals surface area contributed by atoms with Gasteiger partial charge in [-0.3, -0.25) is 30.6 Å². The Bertz CT molecular complexity index is 934. The van der Waals surface area contributed by atoms with Crippen LogP contribution in [-0.2, 0) is 0 Å². The van der Waals surface area contributed by atoms with Gasteiger partial charge in [0.1, 0.15) is 5.69 Å². The molecule has 2 amide bonds. The van der Waals surface area contributed by atoms with Crippen LogP contribution in [0.1, 0.15) is 20.7 Å². The van der Waals surface area contributed by atoms with E-state index in [1.165, 1.54) is 12.1 Å². The molecule has 0 aliphatic carbocycles. The van der Waals surface area contributed by atoms with Crippen LogP contribution in [-0.4, -0.2) is 16.7 Å². The number of hydrogen-bond acceptors (Lipinski definition) is 7. The van der Waals surface area contributed by atoms with Crippen LogP contribution in [0.25, 0.3) is 0 Å². The molecule has 26 heavy (non-hydrogen) atoms. The summed E-state index contributed by atoms with van der Waals surface area (Å²) in [5, 5.41) is 10.8. The quantitative estimate of drug-likeness (QED) is 0.296. The van der Waals surface area contributed by atoms with Crippen LogP contribution in [0.15, 0.2) is 24.3 Å². The molecule has 0 aliphatic heterocycles. The van der Waals surface area contributed by atoms with E-state index in [0.717, 1.165) is 12.1 Å². The summed E-state index contributed by atoms with van der Waals surface area (Å²) in [4.78, 5) is 34.4. The van der Waals surface area contributed by atoms with Gasteiger partial charge < -0.3 is 17.2 Å². The molecule has 0 bridgehead atoms. The van der Waals surface area contributed by atoms with Crippen LogP contribution in [0.3, 0.4) is 0 Å². The van der Waals surface area contributed by atoms with Crippen LogP contribution >= 0.6 is 23.2 Å². The van der Waals surface area contributed by atoms with Crippen molar-refractivity contribution in [2.24, 2.45) is 0 Å². The number of halogens is 2. The maximum atomic E-state index is 12.1. The number of anilines is 3. The smallest absolute Gasteiger partial charge is 0.293 e. The maximum absolute atomic E-state index is 12.1. The van der Waals surface area contributed by atoms with Gasteiger partial charge in [0.2, 0.25) is 0 Å². The SMILES string of the molecule is Nc1cc(Cl)c(C(=O)NNC(=O)c2cc([N+](=O)[O-])c(N)cc2Cl)cc1N. The second-order valence-corrected chi connectivity index (χ2v) is 5.83. The molecule has 0 fully saturated rings. The lowest BCUT2D eigenvalue weighted by Gasteiger charge is -2.11. The third kappa shape index (κ3) is 3.87. The van der Waals surface area contributed by atoms with Crippen LogP contribution in [0, 0.1) is 10.1 Å². The van der Waals surface area contributed by atoms with E-state index in [9.17, 15) is 19.7 Å². The highest BCUT2D eigenvalue weighted by Crippen LogP contribution is 2.29. The highest BCUT2D eigenvalue weighted by Gasteiger charge is 2.20. The zero-order chi connectivity index (χ0) is 19.6. The molecular weight excluding hydrogens is 387 g/mol. The summed E-state index contributed by atoms with van der Waals surface area (Å²) in [6, 6.07) is 4.48. The number of nitrogen functional groups attached to an aromatic ring is 3. The Kier molecular flexibility index (Phi) is 5.38. The number of nitrogens with two attached hydrogens (primary N) is 3. The molecule has 136 valence electrons. The van der Waals surface area contributed by atoms with Crippen molar-refractivity contribution in [2.75, 3.05) is 17.2 Å². The first kappa shape index (κ1) is 19.1. The lowest BCUT2D eigenvalue weighted by Crippen LogP contribution is -2.41. The molecule has 2 rings (SSSR count). The normalized spacial score (nSPS) is 10.2. The van der Waals surface area contributed by atoms with Crippen molar-refractivity contribution in [3.05, 3.63) is 55.6 Å². The second kappa shape index (κ2) is 7.33. The van der Waals surface area contributed by atoms with Crippen LogP contribution < -0.4 is 28.1 Å². The molecule has 8 N–H and O–H groups in total. The van der Waals surface area contributed by atoms with Gasteiger partial charge in [-0.1, -0.05) is 23.2 Å². The molecule has 0 aliphatic rings. The summed E-state index contributed by atoms with van der Waals surface area (Å²) in [5.41, 5.74) is 20.1. The molecule has 0 aromatic heterocycles. The van der Waals surface area contributed by atoms with Gasteiger partial charge in [0.15, 0.2) is 0 Å². The van der Waals surface area contributed by atoms with E-state index in [0.29, 0.717) is 0 Å². The fourth-order valence-electron chi connectivity index (χ4n) is 1.94. The number of benzene rings is 2. The minimum absolute atomic E-state index is 0.0182. The Morgan fingerprint density at radius 3 is 1.77 bits per heavy atom. The standard InChI is InChI=1S/C14H12Cl2N6O4/c15-7-3-10(18)9(17)1-5(7)13(23)20-21-14(24)6-2-12(22(25)26)11(19)4-8(6)16/h1-4H,17-19H2,(H,20,23)(H,21,24). The van der Waals surface area contributed by atoms with Gasteiger partial charge in [-0.15, -0.1) is 0 Å². The number of rotatable bonds is 3. The average molecular weight is 399 g/mol. The first-order chi connectivity index (χ1) is 12.1. The Morgan fingerprint density at radius 2 is 1.27 bits per heavy atom. The number of nitro benzene ring substituents is 1. The van der Waals surface area contributed by atoms with Gasteiger partial charge >= 0.3 is 0 Å². The van der Waals surface area contributed by atoms with Gasteiger partial charge in [0, 0.05) is 6.07 Å². The lowest BCUT2D eigenvalue weighted by atomic mass is 10.1. The predicted molar refractivity (Wildman–Crippen MR) is 97.7 cm³/mol. The molecule has 10 nitrogen and oxygen atoms in total. The maximum Gasteiger partial charge on any atom is 0.293 e. The van der Waals surface area contributed by atoms with Crippen molar-refractivity contribution in [1.82, 2.24) is 10.9 Å². The average Bonchev–Trinajstić information content (AvgIpc) is 2.55. The van der Waals surface area contributed by atoms with Crippen molar-refractivity contribution in [2.45, 2.75) is 0 Å². The van der Waals surface area contributed by atoms with E-state index < -0.39 is 22.4 Å². The molecular formula is C14H12Cl2N6O4. The van der Waals surface area contributed by atoms with Gasteiger partial charge in [-0.25, -0.2) is 0 Å². The summed E-state index contributed by atoms with van der Waals surface area (Å²) >= 11 is 11.8. The predicted octanol–water partition coefficient (Wildman–Crippen LogP) is 1.72. The fraction of sp³-hybridized carbons (Fsp3) is 0. The number of hydrogen-bond donors (Lipinski definition) is 5. The van der Waals surface area contributed by atoms with Crippen LogP contribution in [0.2, 0.25) is 10.0 Å². The van der Waals surface area contributed by atoms with E-state index in [-0.39, 0.29) is 38.2 Å². The molecule has 0 heterocycles. The molecule has 0 radical (unpaired) electrons. The zero-order valence-corrected chi connectivity index (χ0v) is 14.4. The van der Waals surface area contributed by atoms with E-state index in [4.69, 9.17) is 40.4 Å². The molecule has 12 heteroatoms. The van der Waals surface area contributed by atoms with Crippen molar-refractivity contribution in [1.29, 1.82) is 0 Å². The topological polar surface area (TPSA) is 179 Å². The van der Waals surface area contributed by atoms with Crippen molar-refractivity contribution >= 4 is 57.8 Å². The third-order valence-electron chi connectivity index (χ3n) is 3.26.